The Labute approximate surface area is 259 Å². The number of carbonyl (C=O) groups excluding carboxylic acids is 2. The highest BCUT2D eigenvalue weighted by Crippen LogP contribution is 2.53. The molecule has 6 rings (SSSR count). The smallest absolute Gasteiger partial charge is 0.255 e. The molecular formula is C36H33F2N3O4. The van der Waals surface area contributed by atoms with Crippen LogP contribution in [0.4, 0.5) is 8.78 Å². The Morgan fingerprint density at radius 3 is 2.31 bits per heavy atom. The van der Waals surface area contributed by atoms with Gasteiger partial charge in [-0.2, -0.15) is 0 Å². The normalized spacial score (nSPS) is 19.4. The highest BCUT2D eigenvalue weighted by Gasteiger charge is 2.56. The van der Waals surface area contributed by atoms with E-state index >= 15 is 4.39 Å². The first-order chi connectivity index (χ1) is 21.5. The number of fused-ring (bicyclic) bond motifs is 1. The van der Waals surface area contributed by atoms with Gasteiger partial charge in [0.05, 0.1) is 16.6 Å². The number of ether oxygens (including phenoxy) is 1. The third-order valence-corrected chi connectivity index (χ3v) is 8.97. The number of nitrogens with zero attached hydrogens (tertiary/aromatic N) is 2. The maximum Gasteiger partial charge on any atom is 0.255 e. The second-order valence-electron chi connectivity index (χ2n) is 12.1. The van der Waals surface area contributed by atoms with Gasteiger partial charge in [-0.15, -0.1) is 0 Å². The lowest BCUT2D eigenvalue weighted by Crippen LogP contribution is -2.55. The molecule has 9 heteroatoms. The lowest BCUT2D eigenvalue weighted by Gasteiger charge is -2.52. The second-order valence-corrected chi connectivity index (χ2v) is 12.1. The van der Waals surface area contributed by atoms with Gasteiger partial charge in [0.15, 0.2) is 5.78 Å². The molecule has 3 aromatic carbocycles. The van der Waals surface area contributed by atoms with Gasteiger partial charge in [0.2, 0.25) is 0 Å². The largest absolute Gasteiger partial charge is 0.455 e. The minimum absolute atomic E-state index is 0.00697. The summed E-state index contributed by atoms with van der Waals surface area (Å²) in [6.07, 6.45) is 4.71. The van der Waals surface area contributed by atoms with Crippen LogP contribution in [0, 0.1) is 25.5 Å². The fraction of sp³-hybridized carbons (Fsp3) is 0.278. The van der Waals surface area contributed by atoms with Gasteiger partial charge in [0.1, 0.15) is 28.8 Å². The number of amides is 1. The van der Waals surface area contributed by atoms with E-state index in [1.165, 1.54) is 31.3 Å². The molecule has 1 fully saturated rings. The third kappa shape index (κ3) is 5.21. The Morgan fingerprint density at radius 2 is 1.67 bits per heavy atom. The Bertz CT molecular complexity index is 1950. The van der Waals surface area contributed by atoms with Crippen LogP contribution in [0.2, 0.25) is 0 Å². The van der Waals surface area contributed by atoms with E-state index < -0.39 is 23.0 Å². The van der Waals surface area contributed by atoms with Gasteiger partial charge in [0, 0.05) is 55.1 Å². The second kappa shape index (κ2) is 11.3. The maximum atomic E-state index is 16.6. The number of benzene rings is 3. The molecule has 0 atom stereocenters. The highest BCUT2D eigenvalue weighted by atomic mass is 19.1. The average molecular weight is 610 g/mol. The first kappa shape index (κ1) is 30.3. The van der Waals surface area contributed by atoms with Crippen molar-refractivity contribution in [2.75, 3.05) is 14.2 Å². The monoisotopic (exact) mass is 609 g/mol. The van der Waals surface area contributed by atoms with Crippen LogP contribution < -0.4 is 5.32 Å². The zero-order valence-electron chi connectivity index (χ0n) is 25.8. The SMILES string of the molecule is CNC(=O)c1c(-c2ccc(F)cc2)oc2ccc(-c3cc(C(=O)CC4(c5ncccn5)CC(C)(OC)C4)c(C)cc3C)c(F)c12. The Hall–Kier alpha value is -4.76. The summed E-state index contributed by atoms with van der Waals surface area (Å²) in [6, 6.07) is 14.0. The van der Waals surface area contributed by atoms with E-state index in [1.54, 1.807) is 43.8 Å². The number of aromatic nitrogens is 2. The topological polar surface area (TPSA) is 94.3 Å². The molecule has 1 N–H and O–H groups in total. The van der Waals surface area contributed by atoms with Crippen molar-refractivity contribution in [3.8, 4) is 22.5 Å². The Morgan fingerprint density at radius 1 is 0.978 bits per heavy atom. The van der Waals surface area contributed by atoms with E-state index in [4.69, 9.17) is 9.15 Å². The van der Waals surface area contributed by atoms with E-state index in [2.05, 4.69) is 15.3 Å². The van der Waals surface area contributed by atoms with E-state index in [9.17, 15) is 14.0 Å². The van der Waals surface area contributed by atoms with Crippen LogP contribution >= 0.6 is 0 Å². The number of rotatable bonds is 8. The molecule has 0 bridgehead atoms. The zero-order chi connectivity index (χ0) is 32.1. The fourth-order valence-electron chi connectivity index (χ4n) is 6.81. The highest BCUT2D eigenvalue weighted by molar-refractivity contribution is 6.12. The van der Waals surface area contributed by atoms with Crippen molar-refractivity contribution in [1.29, 1.82) is 0 Å². The number of hydrogen-bond donors (Lipinski definition) is 1. The summed E-state index contributed by atoms with van der Waals surface area (Å²) in [5, 5.41) is 2.57. The van der Waals surface area contributed by atoms with Crippen LogP contribution in [-0.4, -0.2) is 41.4 Å². The summed E-state index contributed by atoms with van der Waals surface area (Å²) in [5.74, 6) is -1.01. The van der Waals surface area contributed by atoms with Crippen LogP contribution in [0.1, 0.15) is 63.9 Å². The summed E-state index contributed by atoms with van der Waals surface area (Å²) in [5.41, 5.74) is 2.41. The number of methoxy groups -OCH3 is 1. The van der Waals surface area contributed by atoms with Gasteiger partial charge in [-0.25, -0.2) is 18.7 Å². The number of furan rings is 1. The first-order valence-electron chi connectivity index (χ1n) is 14.7. The maximum absolute atomic E-state index is 16.6. The number of hydrogen-bond acceptors (Lipinski definition) is 6. The molecule has 5 aromatic rings. The standard InChI is InChI=1S/C36H33F2N3O4/c1-20-15-21(2)26(27(42)17-36(18-35(3,19-36)44-5)34-40-13-6-14-41-34)16-25(20)24-11-12-28-29(31(24)38)30(33(43)39-4)32(45-28)22-7-9-23(37)10-8-22/h6-16H,17-19H2,1-5H3,(H,39,43). The van der Waals surface area contributed by atoms with Crippen molar-refractivity contribution in [3.05, 3.63) is 107 Å². The van der Waals surface area contributed by atoms with Gasteiger partial charge in [-0.05, 0) is 98.8 Å². The Balaban J connectivity index is 1.44. The molecule has 2 heterocycles. The lowest BCUT2D eigenvalue weighted by molar-refractivity contribution is -0.108. The van der Waals surface area contributed by atoms with Gasteiger partial charge in [-0.3, -0.25) is 9.59 Å². The quantitative estimate of drug-likeness (QED) is 0.183. The van der Waals surface area contributed by atoms with E-state index in [-0.39, 0.29) is 45.7 Å². The number of nitrogens with one attached hydrogen (secondary N) is 1. The van der Waals surface area contributed by atoms with Crippen molar-refractivity contribution in [3.63, 3.8) is 0 Å². The summed E-state index contributed by atoms with van der Waals surface area (Å²) in [7, 11) is 3.11. The minimum atomic E-state index is -0.655. The Kier molecular flexibility index (Phi) is 7.61. The molecule has 1 amide bonds. The summed E-state index contributed by atoms with van der Waals surface area (Å²) in [6.45, 7) is 5.73. The molecule has 0 spiro atoms. The number of Topliss-reactive ketones (excluding diaryl/α,β-unsaturated/α-hetero) is 1. The predicted molar refractivity (Wildman–Crippen MR) is 167 cm³/mol. The van der Waals surface area contributed by atoms with E-state index in [0.717, 1.165) is 11.1 Å². The summed E-state index contributed by atoms with van der Waals surface area (Å²) >= 11 is 0. The van der Waals surface area contributed by atoms with Crippen LogP contribution in [0.15, 0.2) is 71.4 Å². The number of carbonyl (C=O) groups is 2. The van der Waals surface area contributed by atoms with Crippen molar-refractivity contribution >= 4 is 22.7 Å². The van der Waals surface area contributed by atoms with Crippen LogP contribution in [0.25, 0.3) is 33.4 Å². The molecule has 230 valence electrons. The van der Waals surface area contributed by atoms with Gasteiger partial charge in [0.25, 0.3) is 5.91 Å². The number of halogens is 2. The molecule has 0 aliphatic heterocycles. The molecule has 0 unspecified atom stereocenters. The third-order valence-electron chi connectivity index (χ3n) is 8.97. The fourth-order valence-corrected chi connectivity index (χ4v) is 6.81. The van der Waals surface area contributed by atoms with Crippen molar-refractivity contribution in [2.45, 2.75) is 51.0 Å². The number of aryl methyl sites for hydroxylation is 2. The number of ketones is 1. The molecule has 0 radical (unpaired) electrons. The zero-order valence-corrected chi connectivity index (χ0v) is 25.8. The summed E-state index contributed by atoms with van der Waals surface area (Å²) < 4.78 is 41.9. The molecule has 45 heavy (non-hydrogen) atoms. The predicted octanol–water partition coefficient (Wildman–Crippen LogP) is 7.52. The van der Waals surface area contributed by atoms with Crippen LogP contribution in [0.5, 0.6) is 0 Å². The van der Waals surface area contributed by atoms with Crippen molar-refractivity contribution < 1.29 is 27.5 Å². The van der Waals surface area contributed by atoms with Crippen molar-refractivity contribution in [2.24, 2.45) is 0 Å². The van der Waals surface area contributed by atoms with E-state index in [0.29, 0.717) is 35.4 Å². The molecule has 1 aliphatic rings. The van der Waals surface area contributed by atoms with Gasteiger partial charge >= 0.3 is 0 Å². The van der Waals surface area contributed by atoms with Gasteiger partial charge < -0.3 is 14.5 Å². The lowest BCUT2D eigenvalue weighted by atomic mass is 9.56. The molecule has 0 saturated heterocycles. The van der Waals surface area contributed by atoms with Crippen molar-refractivity contribution in [1.82, 2.24) is 15.3 Å². The van der Waals surface area contributed by atoms with Crippen LogP contribution in [-0.2, 0) is 10.2 Å². The summed E-state index contributed by atoms with van der Waals surface area (Å²) in [4.78, 5) is 36.1. The molecule has 7 nitrogen and oxygen atoms in total. The van der Waals surface area contributed by atoms with Crippen LogP contribution in [0.3, 0.4) is 0 Å². The minimum Gasteiger partial charge on any atom is -0.455 e. The molecule has 1 aliphatic carbocycles. The molecule has 1 saturated carbocycles. The van der Waals surface area contributed by atoms with Gasteiger partial charge in [-0.1, -0.05) is 6.07 Å². The average Bonchev–Trinajstić information content (AvgIpc) is 3.41. The van der Waals surface area contributed by atoms with E-state index in [1.807, 2.05) is 26.8 Å². The first-order valence-corrected chi connectivity index (χ1v) is 14.7. The molecule has 2 aromatic heterocycles. The molecular weight excluding hydrogens is 576 g/mol.